The standard InChI is InChI=1S/C30H22Cl2N4O2S3/c31-21-13-12-18(14-22(21)32)23-16-40-29(34-23)35-28(37)17-39-20-7-5-6-19(15-20)33-30(38)36-24-8-1-3-10-26(24)41-27-11-4-2-9-25(27)36/h1-16,24,26H,17H2,(H,33,38)(H,34,35,37). The number of rotatable bonds is 6. The molecule has 2 aliphatic rings. The van der Waals surface area contributed by atoms with Gasteiger partial charge in [0.05, 0.1) is 38.5 Å². The van der Waals surface area contributed by atoms with E-state index >= 15 is 0 Å². The lowest BCUT2D eigenvalue weighted by Gasteiger charge is -2.40. The molecule has 0 spiro atoms. The number of nitrogens with zero attached hydrogens (tertiary/aromatic N) is 2. The summed E-state index contributed by atoms with van der Waals surface area (Å²) < 4.78 is 0. The van der Waals surface area contributed by atoms with Crippen LogP contribution < -0.4 is 15.5 Å². The number of fused-ring (bicyclic) bond motifs is 2. The normalized spacial score (nSPS) is 17.1. The summed E-state index contributed by atoms with van der Waals surface area (Å²) in [7, 11) is 0. The van der Waals surface area contributed by atoms with Gasteiger partial charge in [-0.2, -0.15) is 0 Å². The minimum atomic E-state index is -0.200. The molecule has 4 aromatic rings. The van der Waals surface area contributed by atoms with Crippen molar-refractivity contribution >= 4 is 86.5 Å². The van der Waals surface area contributed by atoms with Crippen LogP contribution in [0.5, 0.6) is 0 Å². The average Bonchev–Trinajstić information content (AvgIpc) is 3.44. The Balaban J connectivity index is 1.08. The Morgan fingerprint density at radius 3 is 2.68 bits per heavy atom. The van der Waals surface area contributed by atoms with Crippen LogP contribution in [-0.2, 0) is 4.79 Å². The molecular formula is C30H22Cl2N4O2S3. The van der Waals surface area contributed by atoms with Crippen molar-refractivity contribution in [3.05, 3.63) is 106 Å². The molecule has 0 saturated heterocycles. The highest BCUT2D eigenvalue weighted by Gasteiger charge is 2.36. The van der Waals surface area contributed by atoms with E-state index in [-0.39, 0.29) is 29.0 Å². The lowest BCUT2D eigenvalue weighted by atomic mass is 10.1. The molecule has 2 unspecified atom stereocenters. The molecule has 0 radical (unpaired) electrons. The van der Waals surface area contributed by atoms with Crippen molar-refractivity contribution in [3.63, 3.8) is 0 Å². The Labute approximate surface area is 259 Å². The number of nitrogens with one attached hydrogen (secondary N) is 2. The van der Waals surface area contributed by atoms with Gasteiger partial charge in [0, 0.05) is 26.4 Å². The van der Waals surface area contributed by atoms with Crippen LogP contribution in [0.25, 0.3) is 11.3 Å². The van der Waals surface area contributed by atoms with E-state index in [9.17, 15) is 9.59 Å². The van der Waals surface area contributed by atoms with Crippen molar-refractivity contribution in [2.45, 2.75) is 21.1 Å². The van der Waals surface area contributed by atoms with E-state index in [1.807, 2.05) is 77.0 Å². The third-order valence-electron chi connectivity index (χ3n) is 6.38. The molecule has 1 aliphatic carbocycles. The number of urea groups is 1. The number of carbonyl (C=O) groups is 2. The molecule has 0 saturated carbocycles. The van der Waals surface area contributed by atoms with E-state index in [1.165, 1.54) is 23.1 Å². The predicted octanol–water partition coefficient (Wildman–Crippen LogP) is 8.86. The highest BCUT2D eigenvalue weighted by Crippen LogP contribution is 2.43. The van der Waals surface area contributed by atoms with Crippen LogP contribution in [0.1, 0.15) is 0 Å². The van der Waals surface area contributed by atoms with E-state index in [0.29, 0.717) is 26.6 Å². The third-order valence-corrected chi connectivity index (χ3v) is 10.2. The number of thiazole rings is 1. The van der Waals surface area contributed by atoms with Crippen LogP contribution in [0.4, 0.5) is 21.3 Å². The molecule has 2 heterocycles. The summed E-state index contributed by atoms with van der Waals surface area (Å²) in [5.41, 5.74) is 3.08. The molecule has 2 N–H and O–H groups in total. The first kappa shape index (κ1) is 27.9. The quantitative estimate of drug-likeness (QED) is 0.207. The maximum absolute atomic E-state index is 13.6. The molecule has 1 aliphatic heterocycles. The van der Waals surface area contributed by atoms with Gasteiger partial charge in [-0.15, -0.1) is 34.9 Å². The Morgan fingerprint density at radius 2 is 1.80 bits per heavy atom. The molecule has 11 heteroatoms. The molecule has 3 aromatic carbocycles. The number of carbonyl (C=O) groups excluding carboxylic acids is 2. The van der Waals surface area contributed by atoms with Crippen molar-refractivity contribution < 1.29 is 9.59 Å². The van der Waals surface area contributed by atoms with E-state index in [4.69, 9.17) is 23.2 Å². The summed E-state index contributed by atoms with van der Waals surface area (Å²) in [5.74, 6) is 0.0153. The molecular weight excluding hydrogens is 615 g/mol. The van der Waals surface area contributed by atoms with Crippen molar-refractivity contribution in [2.24, 2.45) is 0 Å². The van der Waals surface area contributed by atoms with Crippen molar-refractivity contribution in [1.29, 1.82) is 0 Å². The van der Waals surface area contributed by atoms with Crippen LogP contribution >= 0.6 is 58.1 Å². The molecule has 6 rings (SSSR count). The minimum Gasteiger partial charge on any atom is -0.307 e. The first-order valence-electron chi connectivity index (χ1n) is 12.6. The predicted molar refractivity (Wildman–Crippen MR) is 173 cm³/mol. The van der Waals surface area contributed by atoms with E-state index in [1.54, 1.807) is 23.9 Å². The highest BCUT2D eigenvalue weighted by atomic mass is 35.5. The first-order valence-corrected chi connectivity index (χ1v) is 16.1. The lowest BCUT2D eigenvalue weighted by molar-refractivity contribution is -0.113. The second-order valence-corrected chi connectivity index (χ2v) is 13.1. The summed E-state index contributed by atoms with van der Waals surface area (Å²) in [4.78, 5) is 34.5. The first-order chi connectivity index (χ1) is 19.9. The summed E-state index contributed by atoms with van der Waals surface area (Å²) in [5, 5.41) is 9.35. The van der Waals surface area contributed by atoms with Crippen LogP contribution in [0.15, 0.2) is 106 Å². The fraction of sp³-hybridized carbons (Fsp3) is 0.100. The Morgan fingerprint density at radius 1 is 0.951 bits per heavy atom. The van der Waals surface area contributed by atoms with Gasteiger partial charge in [-0.05, 0) is 42.5 Å². The van der Waals surface area contributed by atoms with Crippen LogP contribution in [0.3, 0.4) is 0 Å². The van der Waals surface area contributed by atoms with Crippen LogP contribution in [-0.4, -0.2) is 34.0 Å². The number of hydrogen-bond donors (Lipinski definition) is 2. The Kier molecular flexibility index (Phi) is 8.41. The number of hydrogen-bond acceptors (Lipinski definition) is 6. The zero-order valence-corrected chi connectivity index (χ0v) is 25.3. The Bertz CT molecular complexity index is 1690. The molecule has 3 amide bonds. The van der Waals surface area contributed by atoms with Gasteiger partial charge in [0.1, 0.15) is 0 Å². The fourth-order valence-electron chi connectivity index (χ4n) is 4.50. The summed E-state index contributed by atoms with van der Waals surface area (Å²) >= 11 is 16.6. The van der Waals surface area contributed by atoms with Crippen LogP contribution in [0.2, 0.25) is 10.0 Å². The third kappa shape index (κ3) is 6.34. The minimum absolute atomic E-state index is 0.0794. The number of allylic oxidation sites excluding steroid dienone is 2. The van der Waals surface area contributed by atoms with Crippen molar-refractivity contribution in [1.82, 2.24) is 4.98 Å². The topological polar surface area (TPSA) is 74.3 Å². The molecule has 0 fully saturated rings. The van der Waals surface area contributed by atoms with E-state index in [2.05, 4.69) is 27.8 Å². The van der Waals surface area contributed by atoms with Gasteiger partial charge in [-0.25, -0.2) is 9.78 Å². The lowest BCUT2D eigenvalue weighted by Crippen LogP contribution is -2.49. The van der Waals surface area contributed by atoms with E-state index < -0.39 is 0 Å². The summed E-state index contributed by atoms with van der Waals surface area (Å²) in [6, 6.07) is 20.5. The zero-order chi connectivity index (χ0) is 28.3. The highest BCUT2D eigenvalue weighted by molar-refractivity contribution is 8.00. The molecule has 41 heavy (non-hydrogen) atoms. The number of halogens is 2. The van der Waals surface area contributed by atoms with Gasteiger partial charge in [0.25, 0.3) is 0 Å². The second kappa shape index (κ2) is 12.3. The van der Waals surface area contributed by atoms with Gasteiger partial charge in [-0.1, -0.05) is 71.8 Å². The van der Waals surface area contributed by atoms with Gasteiger partial charge in [0.2, 0.25) is 5.91 Å². The van der Waals surface area contributed by atoms with Crippen molar-refractivity contribution in [2.75, 3.05) is 21.3 Å². The summed E-state index contributed by atoms with van der Waals surface area (Å²) in [6.07, 6.45) is 8.21. The number of benzene rings is 3. The largest absolute Gasteiger partial charge is 0.326 e. The Hall–Kier alpha value is -3.21. The van der Waals surface area contributed by atoms with Gasteiger partial charge in [0.15, 0.2) is 5.13 Å². The van der Waals surface area contributed by atoms with Gasteiger partial charge >= 0.3 is 6.03 Å². The second-order valence-electron chi connectivity index (χ2n) is 9.14. The number of amides is 3. The van der Waals surface area contributed by atoms with Gasteiger partial charge < -0.3 is 10.6 Å². The number of thioether (sulfide) groups is 2. The molecule has 206 valence electrons. The fourth-order valence-corrected chi connectivity index (χ4v) is 7.54. The van der Waals surface area contributed by atoms with Gasteiger partial charge in [-0.3, -0.25) is 9.69 Å². The van der Waals surface area contributed by atoms with Crippen LogP contribution in [0, 0.1) is 0 Å². The zero-order valence-electron chi connectivity index (χ0n) is 21.3. The molecule has 1 aromatic heterocycles. The molecule has 6 nitrogen and oxygen atoms in total. The average molecular weight is 638 g/mol. The SMILES string of the molecule is O=C(CSc1cccc(NC(=O)N2c3ccccc3SC3C=CC=CC32)c1)Nc1nc(-c2ccc(Cl)c(Cl)c2)cs1. The van der Waals surface area contributed by atoms with Crippen molar-refractivity contribution in [3.8, 4) is 11.3 Å². The number of aromatic nitrogens is 1. The molecule has 0 bridgehead atoms. The smallest absolute Gasteiger partial charge is 0.307 e. The molecule has 2 atom stereocenters. The van der Waals surface area contributed by atoms with E-state index in [0.717, 1.165) is 21.0 Å². The number of anilines is 3. The monoisotopic (exact) mass is 636 g/mol. The number of para-hydroxylation sites is 1. The summed E-state index contributed by atoms with van der Waals surface area (Å²) in [6.45, 7) is 0. The maximum atomic E-state index is 13.6. The maximum Gasteiger partial charge on any atom is 0.326 e.